The van der Waals surface area contributed by atoms with Crippen LogP contribution in [0.15, 0.2) is 29.4 Å². The van der Waals surface area contributed by atoms with Crippen LogP contribution in [0.1, 0.15) is 31.7 Å². The first-order valence-electron chi connectivity index (χ1n) is 8.89. The van der Waals surface area contributed by atoms with E-state index in [4.69, 9.17) is 21.0 Å². The predicted octanol–water partition coefficient (Wildman–Crippen LogP) is 0.376. The standard InChI is InChI=1S/C17H28N4O6S/c1-2-3-11-28(24,25)21-15(16(22)23)12-13-5-7-14(8-6-13)26-9-4-10-27-20-17(18)19/h5-8,15,21H,2-4,9-12H2,1H3,(H,22,23)(H4,18,19,20)/t15-/m0/s1. The maximum Gasteiger partial charge on any atom is 0.322 e. The number of sulfonamides is 1. The first kappa shape index (κ1) is 23.5. The van der Waals surface area contributed by atoms with Gasteiger partial charge in [-0.1, -0.05) is 25.5 Å². The molecule has 1 aromatic rings. The van der Waals surface area contributed by atoms with E-state index in [0.717, 1.165) is 0 Å². The molecule has 0 spiro atoms. The number of ether oxygens (including phenoxy) is 1. The Hall–Kier alpha value is -2.53. The number of carboxylic acids is 1. The second-order valence-corrected chi connectivity index (χ2v) is 7.95. The van der Waals surface area contributed by atoms with Crippen LogP contribution in [-0.4, -0.2) is 50.5 Å². The Kier molecular flexibility index (Phi) is 10.1. The zero-order valence-electron chi connectivity index (χ0n) is 15.8. The van der Waals surface area contributed by atoms with Crippen molar-refractivity contribution in [3.05, 3.63) is 29.8 Å². The highest BCUT2D eigenvalue weighted by Gasteiger charge is 2.24. The van der Waals surface area contributed by atoms with E-state index in [0.29, 0.717) is 43.8 Å². The number of carbonyl (C=O) groups is 1. The number of nitrogens with zero attached hydrogens (tertiary/aromatic N) is 1. The molecule has 11 heteroatoms. The molecular weight excluding hydrogens is 388 g/mol. The van der Waals surface area contributed by atoms with Crippen molar-refractivity contribution in [2.45, 2.75) is 38.6 Å². The monoisotopic (exact) mass is 416 g/mol. The molecule has 1 rings (SSSR count). The van der Waals surface area contributed by atoms with Gasteiger partial charge in [0.25, 0.3) is 0 Å². The number of nitrogens with one attached hydrogen (secondary N) is 1. The smallest absolute Gasteiger partial charge is 0.322 e. The average Bonchev–Trinajstić information content (AvgIpc) is 2.63. The summed E-state index contributed by atoms with van der Waals surface area (Å²) in [6.07, 6.45) is 1.79. The number of hydrogen-bond acceptors (Lipinski definition) is 6. The molecule has 0 aliphatic carbocycles. The number of aliphatic carboxylic acids is 1. The molecule has 0 radical (unpaired) electrons. The second-order valence-electron chi connectivity index (χ2n) is 6.08. The third-order valence-corrected chi connectivity index (χ3v) is 5.04. The molecule has 0 heterocycles. The van der Waals surface area contributed by atoms with Crippen molar-refractivity contribution in [3.63, 3.8) is 0 Å². The number of oxime groups is 1. The molecule has 6 N–H and O–H groups in total. The Labute approximate surface area is 164 Å². The minimum absolute atomic E-state index is 0.0350. The topological polar surface area (TPSA) is 166 Å². The molecule has 10 nitrogen and oxygen atoms in total. The van der Waals surface area contributed by atoms with E-state index in [1.54, 1.807) is 24.3 Å². The second kappa shape index (κ2) is 12.0. The van der Waals surface area contributed by atoms with Crippen LogP contribution in [-0.2, 0) is 26.1 Å². The molecule has 0 amide bonds. The SMILES string of the molecule is CCCCS(=O)(=O)N[C@@H](Cc1ccc(OCCCON=C(N)N)cc1)C(=O)O. The first-order valence-corrected chi connectivity index (χ1v) is 10.5. The summed E-state index contributed by atoms with van der Waals surface area (Å²) in [7, 11) is -3.63. The van der Waals surface area contributed by atoms with Crippen molar-refractivity contribution < 1.29 is 27.9 Å². The molecule has 28 heavy (non-hydrogen) atoms. The predicted molar refractivity (Wildman–Crippen MR) is 105 cm³/mol. The van der Waals surface area contributed by atoms with Crippen LogP contribution in [0.25, 0.3) is 0 Å². The van der Waals surface area contributed by atoms with Gasteiger partial charge >= 0.3 is 5.97 Å². The largest absolute Gasteiger partial charge is 0.493 e. The summed E-state index contributed by atoms with van der Waals surface area (Å²) < 4.78 is 31.7. The van der Waals surface area contributed by atoms with Gasteiger partial charge in [0.2, 0.25) is 16.0 Å². The Morgan fingerprint density at radius 3 is 2.46 bits per heavy atom. The van der Waals surface area contributed by atoms with Gasteiger partial charge in [-0.3, -0.25) is 4.79 Å². The van der Waals surface area contributed by atoms with Gasteiger partial charge in [-0.2, -0.15) is 0 Å². The lowest BCUT2D eigenvalue weighted by Gasteiger charge is -2.15. The zero-order valence-corrected chi connectivity index (χ0v) is 16.7. The number of benzene rings is 1. The normalized spacial score (nSPS) is 12.2. The third-order valence-electron chi connectivity index (χ3n) is 3.57. The Balaban J connectivity index is 2.52. The van der Waals surface area contributed by atoms with Crippen LogP contribution in [0, 0.1) is 0 Å². The van der Waals surface area contributed by atoms with E-state index in [1.807, 2.05) is 6.92 Å². The molecule has 0 fully saturated rings. The van der Waals surface area contributed by atoms with Gasteiger partial charge in [0.05, 0.1) is 12.4 Å². The van der Waals surface area contributed by atoms with Crippen LogP contribution in [0.3, 0.4) is 0 Å². The van der Waals surface area contributed by atoms with Crippen molar-refractivity contribution in [1.29, 1.82) is 0 Å². The number of rotatable bonds is 14. The molecule has 158 valence electrons. The maximum atomic E-state index is 12.0. The Bertz CT molecular complexity index is 733. The molecule has 1 aromatic carbocycles. The van der Waals surface area contributed by atoms with E-state index >= 15 is 0 Å². The minimum atomic E-state index is -3.63. The molecule has 0 saturated heterocycles. The van der Waals surface area contributed by atoms with E-state index in [1.165, 1.54) is 0 Å². The van der Waals surface area contributed by atoms with Crippen LogP contribution in [0.5, 0.6) is 5.75 Å². The maximum absolute atomic E-state index is 12.0. The molecule has 0 bridgehead atoms. The van der Waals surface area contributed by atoms with E-state index in [2.05, 4.69) is 9.88 Å². The third kappa shape index (κ3) is 9.97. The summed E-state index contributed by atoms with van der Waals surface area (Å²) in [5, 5.41) is 12.7. The van der Waals surface area contributed by atoms with Gasteiger partial charge in [-0.05, 0) is 35.7 Å². The fourth-order valence-corrected chi connectivity index (χ4v) is 3.58. The fraction of sp³-hybridized carbons (Fsp3) is 0.529. The van der Waals surface area contributed by atoms with Gasteiger partial charge < -0.3 is 26.1 Å². The molecular formula is C17H28N4O6S. The van der Waals surface area contributed by atoms with Gasteiger partial charge in [-0.25, -0.2) is 13.1 Å². The Morgan fingerprint density at radius 1 is 1.21 bits per heavy atom. The highest BCUT2D eigenvalue weighted by molar-refractivity contribution is 7.89. The summed E-state index contributed by atoms with van der Waals surface area (Å²) >= 11 is 0. The molecule has 0 aromatic heterocycles. The lowest BCUT2D eigenvalue weighted by Crippen LogP contribution is -2.43. The number of unbranched alkanes of at least 4 members (excludes halogenated alkanes) is 1. The number of hydrogen-bond donors (Lipinski definition) is 4. The lowest BCUT2D eigenvalue weighted by molar-refractivity contribution is -0.138. The summed E-state index contributed by atoms with van der Waals surface area (Å²) in [6, 6.07) is 5.55. The van der Waals surface area contributed by atoms with Crippen LogP contribution in [0.2, 0.25) is 0 Å². The van der Waals surface area contributed by atoms with Gasteiger partial charge in [0.15, 0.2) is 0 Å². The average molecular weight is 417 g/mol. The van der Waals surface area contributed by atoms with E-state index < -0.39 is 22.0 Å². The lowest BCUT2D eigenvalue weighted by atomic mass is 10.1. The van der Waals surface area contributed by atoms with Crippen molar-refractivity contribution in [1.82, 2.24) is 4.72 Å². The Morgan fingerprint density at radius 2 is 1.89 bits per heavy atom. The number of carboxylic acid groups (broad SMARTS) is 1. The van der Waals surface area contributed by atoms with E-state index in [-0.39, 0.29) is 18.1 Å². The van der Waals surface area contributed by atoms with Gasteiger partial charge in [0, 0.05) is 6.42 Å². The van der Waals surface area contributed by atoms with Crippen molar-refractivity contribution in [3.8, 4) is 5.75 Å². The van der Waals surface area contributed by atoms with Crippen LogP contribution >= 0.6 is 0 Å². The minimum Gasteiger partial charge on any atom is -0.493 e. The highest BCUT2D eigenvalue weighted by atomic mass is 32.2. The fourth-order valence-electron chi connectivity index (χ4n) is 2.18. The molecule has 0 saturated carbocycles. The summed E-state index contributed by atoms with van der Waals surface area (Å²) in [6.45, 7) is 2.55. The van der Waals surface area contributed by atoms with Crippen LogP contribution in [0.4, 0.5) is 0 Å². The summed E-state index contributed by atoms with van der Waals surface area (Å²) in [5.74, 6) is -0.863. The first-order chi connectivity index (χ1) is 13.2. The highest BCUT2D eigenvalue weighted by Crippen LogP contribution is 2.14. The van der Waals surface area contributed by atoms with Gasteiger partial charge in [0.1, 0.15) is 18.4 Å². The number of nitrogens with two attached hydrogens (primary N) is 2. The quantitative estimate of drug-likeness (QED) is 0.146. The van der Waals surface area contributed by atoms with Gasteiger partial charge in [-0.15, -0.1) is 0 Å². The molecule has 0 unspecified atom stereocenters. The van der Waals surface area contributed by atoms with E-state index in [9.17, 15) is 18.3 Å². The number of guanidine groups is 1. The van der Waals surface area contributed by atoms with Crippen molar-refractivity contribution in [2.75, 3.05) is 19.0 Å². The summed E-state index contributed by atoms with van der Waals surface area (Å²) in [4.78, 5) is 16.2. The molecule has 0 aliphatic heterocycles. The molecule has 0 aliphatic rings. The van der Waals surface area contributed by atoms with Crippen molar-refractivity contribution in [2.24, 2.45) is 16.6 Å². The van der Waals surface area contributed by atoms with Crippen LogP contribution < -0.4 is 20.9 Å². The summed E-state index contributed by atoms with van der Waals surface area (Å²) in [5.41, 5.74) is 10.9. The van der Waals surface area contributed by atoms with Crippen molar-refractivity contribution >= 4 is 22.0 Å². The molecule has 1 atom stereocenters. The zero-order chi connectivity index (χ0) is 21.0.